The highest BCUT2D eigenvalue weighted by Gasteiger charge is 2.51. The van der Waals surface area contributed by atoms with Crippen molar-refractivity contribution in [3.63, 3.8) is 0 Å². The summed E-state index contributed by atoms with van der Waals surface area (Å²) in [5.41, 5.74) is 0. The molecule has 1 atom stereocenters. The SMILES string of the molecule is COC1CSC2(C1)CN(C(=O)C1CCC1)C2. The van der Waals surface area contributed by atoms with E-state index >= 15 is 0 Å². The average Bonchev–Trinajstić information content (AvgIpc) is 2.56. The van der Waals surface area contributed by atoms with Crippen molar-refractivity contribution in [2.24, 2.45) is 5.92 Å². The molecule has 2 aliphatic heterocycles. The van der Waals surface area contributed by atoms with E-state index in [0.29, 0.717) is 22.7 Å². The zero-order valence-corrected chi connectivity index (χ0v) is 10.6. The van der Waals surface area contributed by atoms with Gasteiger partial charge in [-0.15, -0.1) is 11.8 Å². The van der Waals surface area contributed by atoms with Gasteiger partial charge in [0.15, 0.2) is 0 Å². The summed E-state index contributed by atoms with van der Waals surface area (Å²) in [6, 6.07) is 0. The highest BCUT2D eigenvalue weighted by atomic mass is 32.2. The van der Waals surface area contributed by atoms with Crippen molar-refractivity contribution < 1.29 is 9.53 Å². The first-order valence-corrected chi connectivity index (χ1v) is 7.16. The lowest BCUT2D eigenvalue weighted by Gasteiger charge is -2.49. The molecule has 3 aliphatic rings. The van der Waals surface area contributed by atoms with Crippen molar-refractivity contribution in [1.29, 1.82) is 0 Å². The van der Waals surface area contributed by atoms with E-state index < -0.39 is 0 Å². The molecule has 3 fully saturated rings. The fourth-order valence-electron chi connectivity index (χ4n) is 2.89. The van der Waals surface area contributed by atoms with E-state index in [1.807, 2.05) is 11.8 Å². The molecule has 0 aromatic carbocycles. The van der Waals surface area contributed by atoms with Gasteiger partial charge in [0.1, 0.15) is 0 Å². The van der Waals surface area contributed by atoms with Crippen molar-refractivity contribution >= 4 is 17.7 Å². The standard InChI is InChI=1S/C12H19NO2S/c1-15-10-5-12(16-6-10)7-13(8-12)11(14)9-3-2-4-9/h9-10H,2-8H2,1H3. The number of methoxy groups -OCH3 is 1. The van der Waals surface area contributed by atoms with E-state index in [-0.39, 0.29) is 0 Å². The molecule has 1 amide bonds. The fraction of sp³-hybridized carbons (Fsp3) is 0.917. The van der Waals surface area contributed by atoms with Crippen molar-refractivity contribution in [2.75, 3.05) is 26.0 Å². The number of hydrogen-bond acceptors (Lipinski definition) is 3. The molecule has 0 radical (unpaired) electrons. The van der Waals surface area contributed by atoms with Gasteiger partial charge >= 0.3 is 0 Å². The molecule has 2 saturated heterocycles. The Hall–Kier alpha value is -0.220. The van der Waals surface area contributed by atoms with E-state index in [9.17, 15) is 4.79 Å². The molecular formula is C12H19NO2S. The van der Waals surface area contributed by atoms with Crippen LogP contribution in [-0.4, -0.2) is 47.6 Å². The Bertz CT molecular complexity index is 297. The molecule has 3 nitrogen and oxygen atoms in total. The Labute approximate surface area is 101 Å². The zero-order chi connectivity index (χ0) is 11.2. The number of carbonyl (C=O) groups is 1. The van der Waals surface area contributed by atoms with Gasteiger partial charge in [-0.1, -0.05) is 6.42 Å². The Morgan fingerprint density at radius 1 is 1.44 bits per heavy atom. The summed E-state index contributed by atoms with van der Waals surface area (Å²) in [5, 5.41) is 0. The van der Waals surface area contributed by atoms with Gasteiger partial charge in [-0.3, -0.25) is 4.79 Å². The largest absolute Gasteiger partial charge is 0.381 e. The van der Waals surface area contributed by atoms with Gasteiger partial charge in [0.05, 0.1) is 10.9 Å². The number of hydrogen-bond donors (Lipinski definition) is 0. The van der Waals surface area contributed by atoms with Gasteiger partial charge in [-0.25, -0.2) is 0 Å². The topological polar surface area (TPSA) is 29.5 Å². The maximum Gasteiger partial charge on any atom is 0.225 e. The molecule has 1 aliphatic carbocycles. The molecule has 0 aromatic heterocycles. The Kier molecular flexibility index (Phi) is 2.67. The van der Waals surface area contributed by atoms with Crippen molar-refractivity contribution in [3.8, 4) is 0 Å². The van der Waals surface area contributed by atoms with Crippen molar-refractivity contribution in [2.45, 2.75) is 36.5 Å². The number of carbonyl (C=O) groups excluding carboxylic acids is 1. The van der Waals surface area contributed by atoms with Gasteiger partial charge in [-0.05, 0) is 19.3 Å². The Morgan fingerprint density at radius 3 is 2.69 bits per heavy atom. The third-order valence-corrected chi connectivity index (χ3v) is 5.81. The third-order valence-electron chi connectivity index (χ3n) is 4.23. The van der Waals surface area contributed by atoms with E-state index in [1.165, 1.54) is 6.42 Å². The minimum Gasteiger partial charge on any atom is -0.381 e. The van der Waals surface area contributed by atoms with E-state index in [2.05, 4.69) is 4.90 Å². The zero-order valence-electron chi connectivity index (χ0n) is 9.78. The predicted octanol–water partition coefficient (Wildman–Crippen LogP) is 1.52. The lowest BCUT2D eigenvalue weighted by molar-refractivity contribution is -0.143. The number of thioether (sulfide) groups is 1. The van der Waals surface area contributed by atoms with Gasteiger partial charge in [-0.2, -0.15) is 0 Å². The number of amides is 1. The molecule has 3 rings (SSSR count). The summed E-state index contributed by atoms with van der Waals surface area (Å²) in [4.78, 5) is 14.0. The molecule has 1 saturated carbocycles. The molecular weight excluding hydrogens is 222 g/mol. The minimum atomic E-state index is 0.347. The second-order valence-corrected chi connectivity index (χ2v) is 6.87. The van der Waals surface area contributed by atoms with Crippen LogP contribution in [0.3, 0.4) is 0 Å². The molecule has 0 aromatic rings. The first kappa shape index (κ1) is 10.9. The lowest BCUT2D eigenvalue weighted by Crippen LogP contribution is -2.62. The molecule has 1 unspecified atom stereocenters. The monoisotopic (exact) mass is 241 g/mol. The number of ether oxygens (including phenoxy) is 1. The van der Waals surface area contributed by atoms with Crippen LogP contribution in [0.1, 0.15) is 25.7 Å². The van der Waals surface area contributed by atoms with Crippen LogP contribution in [0.25, 0.3) is 0 Å². The maximum absolute atomic E-state index is 12.0. The van der Waals surface area contributed by atoms with Gasteiger partial charge in [0.25, 0.3) is 0 Å². The highest BCUT2D eigenvalue weighted by Crippen LogP contribution is 2.46. The van der Waals surface area contributed by atoms with Crippen LogP contribution in [0.2, 0.25) is 0 Å². The molecule has 0 bridgehead atoms. The smallest absolute Gasteiger partial charge is 0.225 e. The van der Waals surface area contributed by atoms with E-state index in [0.717, 1.165) is 38.1 Å². The van der Waals surface area contributed by atoms with Gasteiger partial charge in [0.2, 0.25) is 5.91 Å². The normalized spacial score (nSPS) is 32.6. The lowest BCUT2D eigenvalue weighted by atomic mass is 9.82. The quantitative estimate of drug-likeness (QED) is 0.734. The molecule has 0 N–H and O–H groups in total. The number of nitrogens with zero attached hydrogens (tertiary/aromatic N) is 1. The Balaban J connectivity index is 1.52. The second-order valence-electron chi connectivity index (χ2n) is 5.38. The average molecular weight is 241 g/mol. The van der Waals surface area contributed by atoms with Crippen molar-refractivity contribution in [1.82, 2.24) is 4.90 Å². The molecule has 4 heteroatoms. The van der Waals surface area contributed by atoms with Crippen LogP contribution in [0.4, 0.5) is 0 Å². The third kappa shape index (κ3) is 1.66. The molecule has 90 valence electrons. The summed E-state index contributed by atoms with van der Waals surface area (Å²) in [7, 11) is 1.79. The summed E-state index contributed by atoms with van der Waals surface area (Å²) in [6.07, 6.45) is 5.02. The second kappa shape index (κ2) is 3.91. The summed E-state index contributed by atoms with van der Waals surface area (Å²) in [6.45, 7) is 1.93. The van der Waals surface area contributed by atoms with E-state index in [4.69, 9.17) is 4.74 Å². The summed E-state index contributed by atoms with van der Waals surface area (Å²) < 4.78 is 5.74. The highest BCUT2D eigenvalue weighted by molar-refractivity contribution is 8.01. The summed E-state index contributed by atoms with van der Waals surface area (Å²) >= 11 is 2.00. The van der Waals surface area contributed by atoms with Crippen LogP contribution >= 0.6 is 11.8 Å². The van der Waals surface area contributed by atoms with Crippen LogP contribution in [0, 0.1) is 5.92 Å². The predicted molar refractivity (Wildman–Crippen MR) is 64.5 cm³/mol. The van der Waals surface area contributed by atoms with Crippen LogP contribution in [0.5, 0.6) is 0 Å². The molecule has 2 heterocycles. The van der Waals surface area contributed by atoms with Crippen LogP contribution in [-0.2, 0) is 9.53 Å². The van der Waals surface area contributed by atoms with E-state index in [1.54, 1.807) is 7.11 Å². The summed E-state index contributed by atoms with van der Waals surface area (Å²) in [5.74, 6) is 1.88. The fourth-order valence-corrected chi connectivity index (χ4v) is 4.48. The van der Waals surface area contributed by atoms with Gasteiger partial charge in [0, 0.05) is 31.9 Å². The minimum absolute atomic E-state index is 0.347. The first-order chi connectivity index (χ1) is 7.72. The van der Waals surface area contributed by atoms with Gasteiger partial charge < -0.3 is 9.64 Å². The molecule has 16 heavy (non-hydrogen) atoms. The maximum atomic E-state index is 12.0. The Morgan fingerprint density at radius 2 is 2.19 bits per heavy atom. The first-order valence-electron chi connectivity index (χ1n) is 6.18. The molecule has 1 spiro atoms. The number of rotatable bonds is 2. The van der Waals surface area contributed by atoms with Crippen LogP contribution < -0.4 is 0 Å². The number of likely N-dealkylation sites (tertiary alicyclic amines) is 1. The van der Waals surface area contributed by atoms with Crippen molar-refractivity contribution in [3.05, 3.63) is 0 Å². The van der Waals surface area contributed by atoms with Crippen LogP contribution in [0.15, 0.2) is 0 Å².